The maximum Gasteiger partial charge on any atom is 0.290 e. The van der Waals surface area contributed by atoms with E-state index in [1.807, 2.05) is 0 Å². The third-order valence-corrected chi connectivity index (χ3v) is 4.65. The molecule has 1 atom stereocenters. The van der Waals surface area contributed by atoms with E-state index in [9.17, 15) is 19.1 Å². The van der Waals surface area contributed by atoms with Crippen LogP contribution in [-0.2, 0) is 16.0 Å². The fourth-order valence-corrected chi connectivity index (χ4v) is 3.23. The summed E-state index contributed by atoms with van der Waals surface area (Å²) < 4.78 is 13.1. The molecule has 0 aliphatic carbocycles. The van der Waals surface area contributed by atoms with E-state index in [0.29, 0.717) is 12.0 Å². The third-order valence-electron chi connectivity index (χ3n) is 4.65. The van der Waals surface area contributed by atoms with E-state index < -0.39 is 17.7 Å². The molecule has 0 bridgehead atoms. The van der Waals surface area contributed by atoms with Gasteiger partial charge in [-0.3, -0.25) is 14.6 Å². The van der Waals surface area contributed by atoms with Gasteiger partial charge < -0.3 is 10.0 Å². The number of halogens is 1. The number of carbonyl (C=O) groups excluding carboxylic acids is 2. The number of aliphatic hydroxyl groups is 1. The van der Waals surface area contributed by atoms with Crippen molar-refractivity contribution in [2.75, 3.05) is 6.54 Å². The zero-order valence-corrected chi connectivity index (χ0v) is 15.2. The minimum Gasteiger partial charge on any atom is -0.503 e. The minimum atomic E-state index is -0.679. The molecule has 27 heavy (non-hydrogen) atoms. The summed E-state index contributed by atoms with van der Waals surface area (Å²) in [5.41, 5.74) is 1.64. The largest absolute Gasteiger partial charge is 0.503 e. The molecule has 0 radical (unpaired) electrons. The Morgan fingerprint density at radius 2 is 1.96 bits per heavy atom. The van der Waals surface area contributed by atoms with Crippen LogP contribution in [0, 0.1) is 11.7 Å². The van der Waals surface area contributed by atoms with E-state index in [0.717, 1.165) is 5.56 Å². The summed E-state index contributed by atoms with van der Waals surface area (Å²) in [4.78, 5) is 30.9. The molecule has 3 rings (SSSR count). The quantitative estimate of drug-likeness (QED) is 0.849. The highest BCUT2D eigenvalue weighted by Gasteiger charge is 2.43. The van der Waals surface area contributed by atoms with E-state index in [-0.39, 0.29) is 29.6 Å². The predicted octanol–water partition coefficient (Wildman–Crippen LogP) is 3.38. The van der Waals surface area contributed by atoms with Crippen molar-refractivity contribution >= 4 is 11.7 Å². The average Bonchev–Trinajstić information content (AvgIpc) is 2.92. The van der Waals surface area contributed by atoms with Crippen molar-refractivity contribution in [3.8, 4) is 0 Å². The molecule has 6 heteroatoms. The zero-order valence-electron chi connectivity index (χ0n) is 15.2. The minimum absolute atomic E-state index is 0.113. The highest BCUT2D eigenvalue weighted by molar-refractivity contribution is 6.09. The van der Waals surface area contributed by atoms with Gasteiger partial charge in [-0.05, 0) is 35.7 Å². The number of hydrogen-bond acceptors (Lipinski definition) is 4. The van der Waals surface area contributed by atoms with Crippen molar-refractivity contribution in [2.45, 2.75) is 26.3 Å². The van der Waals surface area contributed by atoms with Crippen LogP contribution >= 0.6 is 0 Å². The fourth-order valence-electron chi connectivity index (χ4n) is 3.23. The molecule has 0 fully saturated rings. The first-order valence-corrected chi connectivity index (χ1v) is 8.82. The first-order chi connectivity index (χ1) is 12.9. The molecular formula is C21H21FN2O3. The molecule has 1 unspecified atom stereocenters. The second-order valence-corrected chi connectivity index (χ2v) is 6.85. The Balaban J connectivity index is 1.93. The number of ketones is 1. The molecule has 0 saturated carbocycles. The Labute approximate surface area is 157 Å². The number of nitrogens with zero attached hydrogens (tertiary/aromatic N) is 2. The normalized spacial score (nSPS) is 17.1. The summed E-state index contributed by atoms with van der Waals surface area (Å²) in [7, 11) is 0. The number of rotatable bonds is 6. The average molecular weight is 368 g/mol. The van der Waals surface area contributed by atoms with Crippen molar-refractivity contribution in [3.05, 3.63) is 77.1 Å². The molecule has 140 valence electrons. The number of carbonyl (C=O) groups is 2. The van der Waals surface area contributed by atoms with E-state index in [1.54, 1.807) is 50.5 Å². The Bertz CT molecular complexity index is 876. The molecule has 2 heterocycles. The van der Waals surface area contributed by atoms with Crippen LogP contribution in [0.15, 0.2) is 60.1 Å². The summed E-state index contributed by atoms with van der Waals surface area (Å²) in [6.45, 7) is 3.74. The lowest BCUT2D eigenvalue weighted by atomic mass is 9.92. The third kappa shape index (κ3) is 3.74. The lowest BCUT2D eigenvalue weighted by molar-refractivity contribution is -0.129. The fraction of sp³-hybridized carbons (Fsp3) is 0.286. The lowest BCUT2D eigenvalue weighted by Crippen LogP contribution is -2.33. The number of benzene rings is 1. The Morgan fingerprint density at radius 3 is 2.56 bits per heavy atom. The maximum absolute atomic E-state index is 13.1. The van der Waals surface area contributed by atoms with Gasteiger partial charge in [-0.15, -0.1) is 0 Å². The maximum atomic E-state index is 13.1. The van der Waals surface area contributed by atoms with Gasteiger partial charge in [0.2, 0.25) is 0 Å². The predicted molar refractivity (Wildman–Crippen MR) is 98.3 cm³/mol. The molecule has 1 aromatic carbocycles. The van der Waals surface area contributed by atoms with Gasteiger partial charge in [0, 0.05) is 24.9 Å². The van der Waals surface area contributed by atoms with Crippen molar-refractivity contribution in [3.63, 3.8) is 0 Å². The topological polar surface area (TPSA) is 70.5 Å². The Kier molecular flexibility index (Phi) is 5.35. The number of Topliss-reactive ketones (excluding diaryl/α,β-unsaturated/α-hetero) is 1. The van der Waals surface area contributed by atoms with Gasteiger partial charge in [0.1, 0.15) is 5.82 Å². The summed E-state index contributed by atoms with van der Waals surface area (Å²) in [5, 5.41) is 10.4. The second kappa shape index (κ2) is 7.70. The zero-order chi connectivity index (χ0) is 19.6. The van der Waals surface area contributed by atoms with Gasteiger partial charge >= 0.3 is 0 Å². The van der Waals surface area contributed by atoms with Crippen LogP contribution in [0.2, 0.25) is 0 Å². The van der Waals surface area contributed by atoms with Gasteiger partial charge in [-0.2, -0.15) is 0 Å². The molecule has 1 aromatic heterocycles. The molecule has 2 aromatic rings. The lowest BCUT2D eigenvalue weighted by Gasteiger charge is -2.27. The van der Waals surface area contributed by atoms with Gasteiger partial charge in [0.05, 0.1) is 11.6 Å². The molecule has 1 amide bonds. The van der Waals surface area contributed by atoms with Crippen molar-refractivity contribution in [1.29, 1.82) is 0 Å². The monoisotopic (exact) mass is 368 g/mol. The second-order valence-electron chi connectivity index (χ2n) is 6.85. The van der Waals surface area contributed by atoms with Crippen molar-refractivity contribution in [2.24, 2.45) is 5.92 Å². The molecule has 1 aliphatic heterocycles. The van der Waals surface area contributed by atoms with Gasteiger partial charge in [-0.1, -0.05) is 32.0 Å². The van der Waals surface area contributed by atoms with E-state index in [1.165, 1.54) is 17.0 Å². The summed E-state index contributed by atoms with van der Waals surface area (Å²) in [5.74, 6) is -2.02. The summed E-state index contributed by atoms with van der Waals surface area (Å²) >= 11 is 0. The first-order valence-electron chi connectivity index (χ1n) is 8.82. The van der Waals surface area contributed by atoms with Crippen LogP contribution in [0.5, 0.6) is 0 Å². The molecule has 5 nitrogen and oxygen atoms in total. The van der Waals surface area contributed by atoms with Gasteiger partial charge in [-0.25, -0.2) is 4.39 Å². The van der Waals surface area contributed by atoms with Crippen LogP contribution in [0.3, 0.4) is 0 Å². The molecule has 1 aliphatic rings. The molecular weight excluding hydrogens is 347 g/mol. The smallest absolute Gasteiger partial charge is 0.290 e. The first kappa shape index (κ1) is 18.8. The Hall–Kier alpha value is -3.02. The van der Waals surface area contributed by atoms with Crippen LogP contribution in [0.4, 0.5) is 4.39 Å². The van der Waals surface area contributed by atoms with Gasteiger partial charge in [0.15, 0.2) is 11.5 Å². The van der Waals surface area contributed by atoms with Crippen LogP contribution < -0.4 is 0 Å². The highest BCUT2D eigenvalue weighted by atomic mass is 19.1. The van der Waals surface area contributed by atoms with Crippen LogP contribution in [0.25, 0.3) is 0 Å². The number of aliphatic hydroxyl groups excluding tert-OH is 1. The number of amides is 1. The molecule has 0 saturated heterocycles. The summed E-state index contributed by atoms with van der Waals surface area (Å²) in [6, 6.07) is 8.87. The SMILES string of the molecule is CC(C)C(=O)C1=C(O)C(=O)N(CCc2ccc(F)cc2)C1c1cccnc1. The number of aromatic nitrogens is 1. The standard InChI is InChI=1S/C21H21FN2O3/c1-13(2)19(25)17-18(15-4-3-10-23-12-15)24(21(27)20(17)26)11-9-14-5-7-16(22)8-6-14/h3-8,10,12-13,18,26H,9,11H2,1-2H3. The molecule has 0 spiro atoms. The number of pyridine rings is 1. The van der Waals surface area contributed by atoms with Crippen molar-refractivity contribution in [1.82, 2.24) is 9.88 Å². The molecule has 1 N–H and O–H groups in total. The van der Waals surface area contributed by atoms with Crippen molar-refractivity contribution < 1.29 is 19.1 Å². The van der Waals surface area contributed by atoms with E-state index in [4.69, 9.17) is 0 Å². The van der Waals surface area contributed by atoms with E-state index in [2.05, 4.69) is 4.98 Å². The van der Waals surface area contributed by atoms with Crippen LogP contribution in [0.1, 0.15) is 31.0 Å². The van der Waals surface area contributed by atoms with Crippen LogP contribution in [-0.4, -0.2) is 33.2 Å². The van der Waals surface area contributed by atoms with Gasteiger partial charge in [0.25, 0.3) is 5.91 Å². The number of hydrogen-bond donors (Lipinski definition) is 1. The highest BCUT2D eigenvalue weighted by Crippen LogP contribution is 2.38. The summed E-state index contributed by atoms with van der Waals surface area (Å²) in [6.07, 6.45) is 3.67. The Morgan fingerprint density at radius 1 is 1.26 bits per heavy atom. The van der Waals surface area contributed by atoms with E-state index >= 15 is 0 Å².